The van der Waals surface area contributed by atoms with E-state index in [9.17, 15) is 4.79 Å². The molecule has 0 fully saturated rings. The van der Waals surface area contributed by atoms with Gasteiger partial charge in [0.2, 0.25) is 0 Å². The maximum absolute atomic E-state index is 12.2. The molecule has 3 aromatic rings. The van der Waals surface area contributed by atoms with Crippen LogP contribution in [0.15, 0.2) is 75.6 Å². The lowest BCUT2D eigenvalue weighted by Crippen LogP contribution is -1.94. The average molecular weight is 388 g/mol. The number of furan rings is 1. The molecule has 114 valence electrons. The van der Waals surface area contributed by atoms with Crippen LogP contribution in [0.5, 0.6) is 0 Å². The molecule has 3 rings (SSSR count). The number of hydrogen-bond donors (Lipinski definition) is 0. The third kappa shape index (κ3) is 3.63. The topological polar surface area (TPSA) is 30.2 Å². The predicted molar refractivity (Wildman–Crippen MR) is 96.7 cm³/mol. The van der Waals surface area contributed by atoms with Crippen LogP contribution in [-0.4, -0.2) is 5.78 Å². The van der Waals surface area contributed by atoms with Crippen molar-refractivity contribution in [3.63, 3.8) is 0 Å². The second-order valence-electron chi connectivity index (χ2n) is 4.86. The van der Waals surface area contributed by atoms with Gasteiger partial charge in [-0.05, 0) is 48.6 Å². The van der Waals surface area contributed by atoms with E-state index in [1.54, 1.807) is 12.1 Å². The van der Waals surface area contributed by atoms with Gasteiger partial charge in [-0.15, -0.1) is 0 Å². The van der Waals surface area contributed by atoms with Crippen molar-refractivity contribution in [1.29, 1.82) is 0 Å². The van der Waals surface area contributed by atoms with E-state index in [0.29, 0.717) is 22.1 Å². The molecule has 0 unspecified atom stereocenters. The van der Waals surface area contributed by atoms with Gasteiger partial charge in [0, 0.05) is 15.6 Å². The summed E-state index contributed by atoms with van der Waals surface area (Å²) < 4.78 is 6.50. The number of rotatable bonds is 4. The highest BCUT2D eigenvalue weighted by Gasteiger charge is 2.08. The summed E-state index contributed by atoms with van der Waals surface area (Å²) in [6.45, 7) is 0. The van der Waals surface area contributed by atoms with Crippen LogP contribution in [-0.2, 0) is 0 Å². The van der Waals surface area contributed by atoms with E-state index in [1.807, 2.05) is 54.6 Å². The molecule has 0 radical (unpaired) electrons. The van der Waals surface area contributed by atoms with Gasteiger partial charge in [0.05, 0.1) is 5.02 Å². The molecule has 0 bridgehead atoms. The Hall–Kier alpha value is -2.10. The summed E-state index contributed by atoms with van der Waals surface area (Å²) in [4.78, 5) is 12.2. The Bertz CT molecular complexity index is 880. The molecule has 23 heavy (non-hydrogen) atoms. The fraction of sp³-hybridized carbons (Fsp3) is 0. The highest BCUT2D eigenvalue weighted by Crippen LogP contribution is 2.29. The number of carbonyl (C=O) groups excluding carboxylic acids is 1. The van der Waals surface area contributed by atoms with Gasteiger partial charge in [-0.25, -0.2) is 0 Å². The van der Waals surface area contributed by atoms with Gasteiger partial charge in [0.1, 0.15) is 11.5 Å². The molecule has 1 heterocycles. The van der Waals surface area contributed by atoms with Gasteiger partial charge in [0.15, 0.2) is 5.78 Å². The third-order valence-electron chi connectivity index (χ3n) is 3.30. The highest BCUT2D eigenvalue weighted by molar-refractivity contribution is 9.10. The van der Waals surface area contributed by atoms with Crippen LogP contribution in [0.1, 0.15) is 16.1 Å². The lowest BCUT2D eigenvalue weighted by molar-refractivity contribution is 0.104. The van der Waals surface area contributed by atoms with Gasteiger partial charge in [-0.3, -0.25) is 4.79 Å². The van der Waals surface area contributed by atoms with Crippen molar-refractivity contribution in [2.45, 2.75) is 0 Å². The zero-order valence-corrected chi connectivity index (χ0v) is 14.3. The molecule has 0 aliphatic heterocycles. The molecule has 4 heteroatoms. The van der Waals surface area contributed by atoms with Crippen LogP contribution in [0, 0.1) is 0 Å². The zero-order chi connectivity index (χ0) is 16.2. The molecule has 0 aliphatic carbocycles. The van der Waals surface area contributed by atoms with Crippen LogP contribution in [0.3, 0.4) is 0 Å². The minimum Gasteiger partial charge on any atom is -0.457 e. The van der Waals surface area contributed by atoms with Crippen LogP contribution < -0.4 is 0 Å². The number of allylic oxidation sites excluding steroid dienone is 1. The van der Waals surface area contributed by atoms with Crippen molar-refractivity contribution in [3.8, 4) is 11.3 Å². The fourth-order valence-electron chi connectivity index (χ4n) is 2.16. The number of hydrogen-bond acceptors (Lipinski definition) is 2. The summed E-state index contributed by atoms with van der Waals surface area (Å²) in [7, 11) is 0. The van der Waals surface area contributed by atoms with Crippen LogP contribution in [0.2, 0.25) is 5.02 Å². The first-order valence-corrected chi connectivity index (χ1v) is 8.14. The zero-order valence-electron chi connectivity index (χ0n) is 12.0. The Morgan fingerprint density at radius 3 is 2.52 bits per heavy atom. The molecule has 0 spiro atoms. The molecular weight excluding hydrogens is 376 g/mol. The van der Waals surface area contributed by atoms with Crippen LogP contribution >= 0.6 is 27.5 Å². The van der Waals surface area contributed by atoms with Crippen molar-refractivity contribution in [2.24, 2.45) is 0 Å². The minimum atomic E-state index is -0.0897. The van der Waals surface area contributed by atoms with Gasteiger partial charge in [-0.2, -0.15) is 0 Å². The summed E-state index contributed by atoms with van der Waals surface area (Å²) in [6.07, 6.45) is 3.15. The summed E-state index contributed by atoms with van der Waals surface area (Å²) in [6, 6.07) is 18.4. The van der Waals surface area contributed by atoms with Crippen molar-refractivity contribution in [1.82, 2.24) is 0 Å². The Kier molecular flexibility index (Phi) is 4.79. The van der Waals surface area contributed by atoms with E-state index < -0.39 is 0 Å². The normalized spacial score (nSPS) is 11.0. The maximum atomic E-state index is 12.2. The SMILES string of the molecule is O=C(/C=C/c1ccc(-c2ccccc2Cl)o1)c1ccccc1Br. The fourth-order valence-corrected chi connectivity index (χ4v) is 2.87. The molecule has 0 amide bonds. The number of ketones is 1. The first-order valence-electron chi connectivity index (χ1n) is 6.97. The van der Waals surface area contributed by atoms with E-state index in [4.69, 9.17) is 16.0 Å². The maximum Gasteiger partial charge on any atom is 0.187 e. The highest BCUT2D eigenvalue weighted by atomic mass is 79.9. The molecule has 0 aliphatic rings. The van der Waals surface area contributed by atoms with Crippen LogP contribution in [0.25, 0.3) is 17.4 Å². The van der Waals surface area contributed by atoms with E-state index in [2.05, 4.69) is 15.9 Å². The van der Waals surface area contributed by atoms with Gasteiger partial charge >= 0.3 is 0 Å². The molecule has 0 saturated carbocycles. The van der Waals surface area contributed by atoms with Crippen molar-refractivity contribution in [3.05, 3.63) is 87.6 Å². The molecule has 2 aromatic carbocycles. The summed E-state index contributed by atoms with van der Waals surface area (Å²) in [5, 5.41) is 0.627. The van der Waals surface area contributed by atoms with Crippen molar-refractivity contribution < 1.29 is 9.21 Å². The van der Waals surface area contributed by atoms with Crippen LogP contribution in [0.4, 0.5) is 0 Å². The molecular formula is C19H12BrClO2. The average Bonchev–Trinajstić information content (AvgIpc) is 3.02. The Morgan fingerprint density at radius 1 is 1.00 bits per heavy atom. The van der Waals surface area contributed by atoms with Crippen molar-refractivity contribution in [2.75, 3.05) is 0 Å². The summed E-state index contributed by atoms with van der Waals surface area (Å²) in [5.41, 5.74) is 1.44. The smallest absolute Gasteiger partial charge is 0.187 e. The van der Waals surface area contributed by atoms with Crippen molar-refractivity contribution >= 4 is 39.4 Å². The monoisotopic (exact) mass is 386 g/mol. The molecule has 1 aromatic heterocycles. The Balaban J connectivity index is 1.81. The largest absolute Gasteiger partial charge is 0.457 e. The predicted octanol–water partition coefficient (Wildman–Crippen LogP) is 6.26. The number of carbonyl (C=O) groups is 1. The minimum absolute atomic E-state index is 0.0897. The molecule has 0 atom stereocenters. The van der Waals surface area contributed by atoms with Gasteiger partial charge < -0.3 is 4.42 Å². The second-order valence-corrected chi connectivity index (χ2v) is 6.12. The first kappa shape index (κ1) is 15.8. The summed E-state index contributed by atoms with van der Waals surface area (Å²) in [5.74, 6) is 1.18. The molecule has 0 saturated heterocycles. The standard InChI is InChI=1S/C19H12BrClO2/c20-16-7-3-1-5-14(16)18(22)11-9-13-10-12-19(23-13)15-6-2-4-8-17(15)21/h1-12H/b11-9+. The summed E-state index contributed by atoms with van der Waals surface area (Å²) >= 11 is 9.53. The lowest BCUT2D eigenvalue weighted by Gasteiger charge is -1.99. The van der Waals surface area contributed by atoms with Gasteiger partial charge in [0.25, 0.3) is 0 Å². The van der Waals surface area contributed by atoms with E-state index in [1.165, 1.54) is 6.08 Å². The number of halogens is 2. The molecule has 0 N–H and O–H groups in total. The van der Waals surface area contributed by atoms with E-state index in [-0.39, 0.29) is 5.78 Å². The Morgan fingerprint density at radius 2 is 1.74 bits per heavy atom. The van der Waals surface area contributed by atoms with E-state index in [0.717, 1.165) is 10.0 Å². The first-order chi connectivity index (χ1) is 11.1. The van der Waals surface area contributed by atoms with Gasteiger partial charge in [-0.1, -0.05) is 51.8 Å². The lowest BCUT2D eigenvalue weighted by atomic mass is 10.1. The molecule has 2 nitrogen and oxygen atoms in total. The quantitative estimate of drug-likeness (QED) is 0.391. The second kappa shape index (κ2) is 6.99. The Labute approximate surface area is 147 Å². The number of benzene rings is 2. The van der Waals surface area contributed by atoms with E-state index >= 15 is 0 Å². The third-order valence-corrected chi connectivity index (χ3v) is 4.33.